The van der Waals surface area contributed by atoms with E-state index in [0.717, 1.165) is 32.6 Å². The topological polar surface area (TPSA) is 59.0 Å². The number of carbonyl (C=O) groups is 1. The van der Waals surface area contributed by atoms with Gasteiger partial charge in [0.05, 0.1) is 18.8 Å². The van der Waals surface area contributed by atoms with Gasteiger partial charge in [-0.15, -0.1) is 0 Å². The third-order valence-corrected chi connectivity index (χ3v) is 3.53. The normalized spacial score (nSPS) is 18.4. The molecule has 5 heteroatoms. The van der Waals surface area contributed by atoms with Gasteiger partial charge in [-0.05, 0) is 38.1 Å². The summed E-state index contributed by atoms with van der Waals surface area (Å²) >= 11 is 0. The molecule has 1 aliphatic rings. The van der Waals surface area contributed by atoms with E-state index in [2.05, 4.69) is 11.9 Å². The Morgan fingerprint density at radius 2 is 2.40 bits per heavy atom. The molecule has 1 N–H and O–H groups in total. The molecule has 1 aromatic carbocycles. The Morgan fingerprint density at radius 1 is 1.55 bits per heavy atom. The summed E-state index contributed by atoms with van der Waals surface area (Å²) in [7, 11) is 2.10. The van der Waals surface area contributed by atoms with Gasteiger partial charge in [-0.25, -0.2) is 4.79 Å². The predicted molar refractivity (Wildman–Crippen MR) is 75.4 cm³/mol. The second-order valence-corrected chi connectivity index (χ2v) is 5.03. The second-order valence-electron chi connectivity index (χ2n) is 5.03. The Morgan fingerprint density at radius 3 is 3.10 bits per heavy atom. The number of aromatic carboxylic acids is 1. The van der Waals surface area contributed by atoms with E-state index in [1.807, 2.05) is 0 Å². The summed E-state index contributed by atoms with van der Waals surface area (Å²) in [4.78, 5) is 13.1. The zero-order valence-corrected chi connectivity index (χ0v) is 11.7. The first kappa shape index (κ1) is 14.8. The van der Waals surface area contributed by atoms with Gasteiger partial charge in [-0.1, -0.05) is 6.07 Å². The Bertz CT molecular complexity index is 443. The van der Waals surface area contributed by atoms with E-state index in [9.17, 15) is 4.79 Å². The average molecular weight is 279 g/mol. The lowest BCUT2D eigenvalue weighted by Crippen LogP contribution is -2.33. The molecule has 1 heterocycles. The maximum atomic E-state index is 10.8. The standard InChI is InChI=1S/C15H21NO4/c1-16(13-6-9-19-11-13)7-3-8-20-14-5-2-4-12(10-14)15(17)18/h2,4-5,10,13H,3,6-9,11H2,1H3,(H,17,18). The van der Waals surface area contributed by atoms with Gasteiger partial charge in [0, 0.05) is 19.2 Å². The van der Waals surface area contributed by atoms with Gasteiger partial charge in [0.15, 0.2) is 0 Å². The van der Waals surface area contributed by atoms with Gasteiger partial charge in [-0.3, -0.25) is 0 Å². The summed E-state index contributed by atoms with van der Waals surface area (Å²) in [6.07, 6.45) is 2.00. The van der Waals surface area contributed by atoms with E-state index in [0.29, 0.717) is 18.4 Å². The third-order valence-electron chi connectivity index (χ3n) is 3.53. The smallest absolute Gasteiger partial charge is 0.335 e. The van der Waals surface area contributed by atoms with Crippen LogP contribution in [0.4, 0.5) is 0 Å². The molecule has 2 rings (SSSR count). The number of carboxylic acids is 1. The fourth-order valence-electron chi connectivity index (χ4n) is 2.28. The van der Waals surface area contributed by atoms with Crippen molar-refractivity contribution in [2.75, 3.05) is 33.4 Å². The van der Waals surface area contributed by atoms with Crippen molar-refractivity contribution in [3.63, 3.8) is 0 Å². The highest BCUT2D eigenvalue weighted by molar-refractivity contribution is 5.87. The zero-order chi connectivity index (χ0) is 14.4. The highest BCUT2D eigenvalue weighted by atomic mass is 16.5. The van der Waals surface area contributed by atoms with Crippen molar-refractivity contribution in [3.8, 4) is 5.75 Å². The largest absolute Gasteiger partial charge is 0.494 e. The van der Waals surface area contributed by atoms with Crippen molar-refractivity contribution in [2.24, 2.45) is 0 Å². The van der Waals surface area contributed by atoms with Crippen molar-refractivity contribution >= 4 is 5.97 Å². The van der Waals surface area contributed by atoms with Crippen molar-refractivity contribution in [2.45, 2.75) is 18.9 Å². The fourth-order valence-corrected chi connectivity index (χ4v) is 2.28. The molecule has 5 nitrogen and oxygen atoms in total. The predicted octanol–water partition coefficient (Wildman–Crippen LogP) is 1.87. The monoisotopic (exact) mass is 279 g/mol. The van der Waals surface area contributed by atoms with E-state index >= 15 is 0 Å². The van der Waals surface area contributed by atoms with Gasteiger partial charge >= 0.3 is 5.97 Å². The quantitative estimate of drug-likeness (QED) is 0.772. The molecule has 0 bridgehead atoms. The van der Waals surface area contributed by atoms with Crippen LogP contribution in [0.1, 0.15) is 23.2 Å². The summed E-state index contributed by atoms with van der Waals surface area (Å²) in [5.74, 6) is -0.326. The Labute approximate surface area is 119 Å². The van der Waals surface area contributed by atoms with Crippen LogP contribution in [0.25, 0.3) is 0 Å². The Balaban J connectivity index is 1.70. The average Bonchev–Trinajstić information content (AvgIpc) is 2.98. The van der Waals surface area contributed by atoms with Crippen LogP contribution in [0.2, 0.25) is 0 Å². The summed E-state index contributed by atoms with van der Waals surface area (Å²) in [6.45, 7) is 3.21. The molecular formula is C15H21NO4. The first-order valence-corrected chi connectivity index (χ1v) is 6.91. The van der Waals surface area contributed by atoms with Crippen LogP contribution in [-0.2, 0) is 4.74 Å². The molecule has 0 aliphatic carbocycles. The lowest BCUT2D eigenvalue weighted by Gasteiger charge is -2.22. The highest BCUT2D eigenvalue weighted by Gasteiger charge is 2.19. The molecule has 1 unspecified atom stereocenters. The van der Waals surface area contributed by atoms with Gasteiger partial charge in [0.1, 0.15) is 5.75 Å². The molecule has 1 fully saturated rings. The van der Waals surface area contributed by atoms with Gasteiger partial charge in [0.2, 0.25) is 0 Å². The van der Waals surface area contributed by atoms with Gasteiger partial charge < -0.3 is 19.5 Å². The van der Waals surface area contributed by atoms with Crippen LogP contribution < -0.4 is 4.74 Å². The number of likely N-dealkylation sites (N-methyl/N-ethyl adjacent to an activating group) is 1. The second kappa shape index (κ2) is 7.26. The van der Waals surface area contributed by atoms with Gasteiger partial charge in [0.25, 0.3) is 0 Å². The Kier molecular flexibility index (Phi) is 5.38. The summed E-state index contributed by atoms with van der Waals surface area (Å²) in [6, 6.07) is 7.10. The first-order valence-electron chi connectivity index (χ1n) is 6.91. The molecule has 1 aromatic rings. The highest BCUT2D eigenvalue weighted by Crippen LogP contribution is 2.14. The molecule has 0 spiro atoms. The van der Waals surface area contributed by atoms with E-state index in [-0.39, 0.29) is 5.56 Å². The summed E-state index contributed by atoms with van der Waals surface area (Å²) < 4.78 is 10.9. The van der Waals surface area contributed by atoms with Crippen molar-refractivity contribution in [1.29, 1.82) is 0 Å². The molecule has 20 heavy (non-hydrogen) atoms. The minimum atomic E-state index is -0.934. The lowest BCUT2D eigenvalue weighted by molar-refractivity contribution is 0.0696. The minimum Gasteiger partial charge on any atom is -0.494 e. The lowest BCUT2D eigenvalue weighted by atomic mass is 10.2. The van der Waals surface area contributed by atoms with Crippen LogP contribution in [-0.4, -0.2) is 55.4 Å². The number of benzene rings is 1. The Hall–Kier alpha value is -1.59. The molecule has 1 aliphatic heterocycles. The van der Waals surface area contributed by atoms with Crippen LogP contribution >= 0.6 is 0 Å². The van der Waals surface area contributed by atoms with Crippen molar-refractivity contribution in [1.82, 2.24) is 4.90 Å². The first-order chi connectivity index (χ1) is 9.66. The summed E-state index contributed by atoms with van der Waals surface area (Å²) in [5, 5.41) is 8.90. The molecule has 0 radical (unpaired) electrons. The minimum absolute atomic E-state index is 0.253. The molecule has 1 saturated heterocycles. The molecule has 0 saturated carbocycles. The van der Waals surface area contributed by atoms with Crippen molar-refractivity contribution in [3.05, 3.63) is 29.8 Å². The number of ether oxygens (including phenoxy) is 2. The molecule has 0 amide bonds. The third kappa shape index (κ3) is 4.21. The van der Waals surface area contributed by atoms with Crippen LogP contribution in [0.5, 0.6) is 5.75 Å². The molecule has 110 valence electrons. The zero-order valence-electron chi connectivity index (χ0n) is 11.7. The van der Waals surface area contributed by atoms with Crippen LogP contribution in [0, 0.1) is 0 Å². The van der Waals surface area contributed by atoms with Crippen LogP contribution in [0.15, 0.2) is 24.3 Å². The van der Waals surface area contributed by atoms with Gasteiger partial charge in [-0.2, -0.15) is 0 Å². The number of rotatable bonds is 7. The van der Waals surface area contributed by atoms with Crippen LogP contribution in [0.3, 0.4) is 0 Å². The van der Waals surface area contributed by atoms with E-state index in [1.54, 1.807) is 24.3 Å². The number of nitrogens with zero attached hydrogens (tertiary/aromatic N) is 1. The fraction of sp³-hybridized carbons (Fsp3) is 0.533. The SMILES string of the molecule is CN(CCCOc1cccc(C(=O)O)c1)C1CCOC1. The molecular weight excluding hydrogens is 258 g/mol. The summed E-state index contributed by atoms with van der Waals surface area (Å²) in [5.41, 5.74) is 0.253. The van der Waals surface area contributed by atoms with Crippen molar-refractivity contribution < 1.29 is 19.4 Å². The number of carboxylic acid groups (broad SMARTS) is 1. The maximum Gasteiger partial charge on any atom is 0.335 e. The maximum absolute atomic E-state index is 10.8. The van der Waals surface area contributed by atoms with E-state index in [1.165, 1.54) is 0 Å². The van der Waals surface area contributed by atoms with E-state index in [4.69, 9.17) is 14.6 Å². The number of hydrogen-bond acceptors (Lipinski definition) is 4. The van der Waals surface area contributed by atoms with E-state index < -0.39 is 5.97 Å². The number of hydrogen-bond donors (Lipinski definition) is 1. The molecule has 1 atom stereocenters. The molecule has 0 aromatic heterocycles.